The van der Waals surface area contributed by atoms with Crippen LogP contribution in [0.4, 0.5) is 0 Å². The lowest BCUT2D eigenvalue weighted by Gasteiger charge is -2.36. The molecule has 3 fully saturated rings. The third kappa shape index (κ3) is 3.18. The number of hydrogen-bond acceptors (Lipinski definition) is 5. The van der Waals surface area contributed by atoms with Crippen molar-refractivity contribution >= 4 is 11.8 Å². The first-order valence-electron chi connectivity index (χ1n) is 8.98. The number of fused-ring (bicyclic) bond motifs is 4. The molecule has 1 aromatic carbocycles. The van der Waals surface area contributed by atoms with Gasteiger partial charge in [0.25, 0.3) is 5.91 Å². The molecule has 4 heterocycles. The van der Waals surface area contributed by atoms with Crippen LogP contribution in [0.15, 0.2) is 30.3 Å². The van der Waals surface area contributed by atoms with Crippen LogP contribution < -0.4 is 0 Å². The molecule has 8 heteroatoms. The first-order valence-corrected chi connectivity index (χ1v) is 8.98. The molecule has 8 nitrogen and oxygen atoms in total. The van der Waals surface area contributed by atoms with Crippen LogP contribution in [0.25, 0.3) is 0 Å². The summed E-state index contributed by atoms with van der Waals surface area (Å²) in [6, 6.07) is 9.42. The summed E-state index contributed by atoms with van der Waals surface area (Å²) >= 11 is 0. The second-order valence-corrected chi connectivity index (χ2v) is 7.10. The molecule has 5 rings (SSSR count). The normalized spacial score (nSPS) is 22.3. The average Bonchev–Trinajstić information content (AvgIpc) is 2.87. The largest absolute Gasteiger partial charge is 0.336 e. The first-order chi connectivity index (χ1) is 12.6. The summed E-state index contributed by atoms with van der Waals surface area (Å²) in [5.41, 5.74) is 0.705. The fraction of sp³-hybridized carbons (Fsp3) is 0.500. The molecule has 26 heavy (non-hydrogen) atoms. The van der Waals surface area contributed by atoms with Gasteiger partial charge in [0.1, 0.15) is 12.4 Å². The molecule has 2 aromatic rings. The Labute approximate surface area is 151 Å². The van der Waals surface area contributed by atoms with E-state index >= 15 is 0 Å². The summed E-state index contributed by atoms with van der Waals surface area (Å²) in [6.07, 6.45) is 1.99. The molecule has 3 saturated heterocycles. The summed E-state index contributed by atoms with van der Waals surface area (Å²) in [4.78, 5) is 29.5. The van der Waals surface area contributed by atoms with Crippen molar-refractivity contribution in [3.05, 3.63) is 41.7 Å². The van der Waals surface area contributed by atoms with Crippen molar-refractivity contribution in [3.63, 3.8) is 0 Å². The predicted octanol–water partition coefficient (Wildman–Crippen LogP) is 0.745. The maximum absolute atomic E-state index is 12.8. The number of tetrazole rings is 1. The molecular weight excluding hydrogens is 332 g/mol. The molecule has 2 amide bonds. The van der Waals surface area contributed by atoms with Gasteiger partial charge in [-0.3, -0.25) is 9.59 Å². The van der Waals surface area contributed by atoms with Gasteiger partial charge in [0.05, 0.1) is 0 Å². The zero-order valence-electron chi connectivity index (χ0n) is 14.8. The monoisotopic (exact) mass is 354 g/mol. The van der Waals surface area contributed by atoms with E-state index < -0.39 is 0 Å². The van der Waals surface area contributed by atoms with E-state index in [1.54, 1.807) is 6.92 Å². The standard InChI is InChI=1S/C18H22N6O2/c1-13-19-20-21-24(13)12-17(25)23-10-14-7-8-16(23)11-22(9-14)18(26)15-5-3-2-4-6-15/h2-6,14,16H,7-12H2,1H3/t14-,16+/m0/s1. The Morgan fingerprint density at radius 2 is 1.92 bits per heavy atom. The molecule has 2 bridgehead atoms. The summed E-state index contributed by atoms with van der Waals surface area (Å²) in [5.74, 6) is 1.01. The van der Waals surface area contributed by atoms with Crippen LogP contribution in [0.5, 0.6) is 0 Å². The second-order valence-electron chi connectivity index (χ2n) is 7.10. The molecule has 0 radical (unpaired) electrons. The van der Waals surface area contributed by atoms with Crippen LogP contribution >= 0.6 is 0 Å². The highest BCUT2D eigenvalue weighted by atomic mass is 16.2. The first kappa shape index (κ1) is 16.7. The predicted molar refractivity (Wildman–Crippen MR) is 93.1 cm³/mol. The van der Waals surface area contributed by atoms with Crippen molar-refractivity contribution in [2.24, 2.45) is 5.92 Å². The van der Waals surface area contributed by atoms with Crippen molar-refractivity contribution < 1.29 is 9.59 Å². The molecular formula is C18H22N6O2. The number of piperidine rings is 1. The van der Waals surface area contributed by atoms with Gasteiger partial charge < -0.3 is 9.80 Å². The van der Waals surface area contributed by atoms with Crippen molar-refractivity contribution in [2.75, 3.05) is 19.6 Å². The summed E-state index contributed by atoms with van der Waals surface area (Å²) in [6.45, 7) is 3.92. The van der Waals surface area contributed by atoms with E-state index in [-0.39, 0.29) is 24.4 Å². The molecule has 0 unspecified atom stereocenters. The lowest BCUT2D eigenvalue weighted by Crippen LogP contribution is -2.49. The number of benzene rings is 1. The van der Waals surface area contributed by atoms with E-state index in [4.69, 9.17) is 0 Å². The van der Waals surface area contributed by atoms with E-state index in [0.29, 0.717) is 36.9 Å². The van der Waals surface area contributed by atoms with Crippen molar-refractivity contribution in [3.8, 4) is 0 Å². The van der Waals surface area contributed by atoms with E-state index in [1.807, 2.05) is 40.1 Å². The van der Waals surface area contributed by atoms with Crippen molar-refractivity contribution in [1.82, 2.24) is 30.0 Å². The maximum atomic E-state index is 12.8. The van der Waals surface area contributed by atoms with Gasteiger partial charge in [0.2, 0.25) is 5.91 Å². The number of amides is 2. The molecule has 2 atom stereocenters. The zero-order chi connectivity index (χ0) is 18.1. The number of aryl methyl sites for hydroxylation is 1. The van der Waals surface area contributed by atoms with Crippen LogP contribution in [0, 0.1) is 12.8 Å². The van der Waals surface area contributed by atoms with Gasteiger partial charge in [-0.15, -0.1) is 5.10 Å². The fourth-order valence-electron chi connectivity index (χ4n) is 3.93. The van der Waals surface area contributed by atoms with Gasteiger partial charge in [0.15, 0.2) is 0 Å². The van der Waals surface area contributed by atoms with Crippen LogP contribution in [-0.4, -0.2) is 67.5 Å². The lowest BCUT2D eigenvalue weighted by molar-refractivity contribution is -0.136. The number of rotatable bonds is 3. The van der Waals surface area contributed by atoms with Crippen LogP contribution in [0.3, 0.4) is 0 Å². The number of carbonyl (C=O) groups is 2. The van der Waals surface area contributed by atoms with Crippen LogP contribution in [-0.2, 0) is 11.3 Å². The summed E-state index contributed by atoms with van der Waals surface area (Å²) < 4.78 is 1.52. The quantitative estimate of drug-likeness (QED) is 0.812. The Kier molecular flexibility index (Phi) is 4.40. The lowest BCUT2D eigenvalue weighted by atomic mass is 9.95. The minimum Gasteiger partial charge on any atom is -0.336 e. The van der Waals surface area contributed by atoms with Crippen LogP contribution in [0.2, 0.25) is 0 Å². The molecule has 136 valence electrons. The van der Waals surface area contributed by atoms with Gasteiger partial charge in [-0.1, -0.05) is 18.2 Å². The minimum atomic E-state index is 0.0177. The topological polar surface area (TPSA) is 84.2 Å². The van der Waals surface area contributed by atoms with Gasteiger partial charge in [-0.05, 0) is 48.2 Å². The number of nitrogens with zero attached hydrogens (tertiary/aromatic N) is 6. The second kappa shape index (κ2) is 6.86. The average molecular weight is 354 g/mol. The van der Waals surface area contributed by atoms with Crippen LogP contribution in [0.1, 0.15) is 29.0 Å². The third-order valence-electron chi connectivity index (χ3n) is 5.34. The molecule has 3 aliphatic rings. The highest BCUT2D eigenvalue weighted by Gasteiger charge is 2.38. The third-order valence-corrected chi connectivity index (χ3v) is 5.34. The number of hydrogen-bond donors (Lipinski definition) is 0. The van der Waals surface area contributed by atoms with Crippen molar-refractivity contribution in [2.45, 2.75) is 32.4 Å². The van der Waals surface area contributed by atoms with E-state index in [0.717, 1.165) is 12.8 Å². The molecule has 1 aromatic heterocycles. The number of aromatic nitrogens is 4. The summed E-state index contributed by atoms with van der Waals surface area (Å²) in [5, 5.41) is 11.3. The van der Waals surface area contributed by atoms with E-state index in [2.05, 4.69) is 15.5 Å². The molecule has 0 spiro atoms. The Morgan fingerprint density at radius 1 is 1.12 bits per heavy atom. The smallest absolute Gasteiger partial charge is 0.253 e. The van der Waals surface area contributed by atoms with E-state index in [9.17, 15) is 9.59 Å². The molecule has 0 N–H and O–H groups in total. The fourth-order valence-corrected chi connectivity index (χ4v) is 3.93. The molecule has 0 saturated carbocycles. The SMILES string of the molecule is Cc1nnnn1CC(=O)N1C[C@H]2CC[C@@H]1CN(C(=O)c1ccccc1)C2. The summed E-state index contributed by atoms with van der Waals surface area (Å²) in [7, 11) is 0. The van der Waals surface area contributed by atoms with Gasteiger partial charge >= 0.3 is 0 Å². The maximum Gasteiger partial charge on any atom is 0.253 e. The Morgan fingerprint density at radius 3 is 2.65 bits per heavy atom. The van der Waals surface area contributed by atoms with Gasteiger partial charge in [0, 0.05) is 31.2 Å². The molecule has 0 aliphatic carbocycles. The molecule has 3 aliphatic heterocycles. The number of carbonyl (C=O) groups excluding carboxylic acids is 2. The zero-order valence-corrected chi connectivity index (χ0v) is 14.8. The van der Waals surface area contributed by atoms with Crippen molar-refractivity contribution in [1.29, 1.82) is 0 Å². The highest BCUT2D eigenvalue weighted by Crippen LogP contribution is 2.29. The van der Waals surface area contributed by atoms with E-state index in [1.165, 1.54) is 4.68 Å². The Balaban J connectivity index is 1.49. The van der Waals surface area contributed by atoms with Gasteiger partial charge in [-0.25, -0.2) is 4.68 Å². The Hall–Kier alpha value is -2.77. The minimum absolute atomic E-state index is 0.0177. The highest BCUT2D eigenvalue weighted by molar-refractivity contribution is 5.94. The van der Waals surface area contributed by atoms with Gasteiger partial charge in [-0.2, -0.15) is 0 Å². The Bertz CT molecular complexity index is 805.